The van der Waals surface area contributed by atoms with E-state index in [0.717, 1.165) is 23.2 Å². The Morgan fingerprint density at radius 2 is 2.12 bits per heavy atom. The van der Waals surface area contributed by atoms with E-state index >= 15 is 0 Å². The second-order valence-electron chi connectivity index (χ2n) is 4.21. The minimum atomic E-state index is 0.257. The Hall–Kier alpha value is -0.540. The second kappa shape index (κ2) is 4.76. The molecule has 0 aliphatic carbocycles. The van der Waals surface area contributed by atoms with Gasteiger partial charge in [-0.2, -0.15) is 0 Å². The summed E-state index contributed by atoms with van der Waals surface area (Å²) in [5.41, 5.74) is 2.51. The molecule has 1 N–H and O–H groups in total. The number of ether oxygens (including phenoxy) is 1. The highest BCUT2D eigenvalue weighted by atomic mass is 79.9. The maximum Gasteiger partial charge on any atom is 0.128 e. The van der Waals surface area contributed by atoms with Gasteiger partial charge in [0.05, 0.1) is 6.04 Å². The van der Waals surface area contributed by atoms with Crippen LogP contribution in [0.25, 0.3) is 0 Å². The highest BCUT2D eigenvalue weighted by Crippen LogP contribution is 2.44. The molecule has 2 unspecified atom stereocenters. The number of nitrogens with one attached hydrogen (secondary N) is 1. The quantitative estimate of drug-likeness (QED) is 0.916. The lowest BCUT2D eigenvalue weighted by Gasteiger charge is -2.18. The summed E-state index contributed by atoms with van der Waals surface area (Å²) in [4.78, 5) is 0. The van der Waals surface area contributed by atoms with Gasteiger partial charge in [0.2, 0.25) is 0 Å². The Bertz CT molecular complexity index is 392. The van der Waals surface area contributed by atoms with Crippen molar-refractivity contribution in [1.29, 1.82) is 0 Å². The van der Waals surface area contributed by atoms with Gasteiger partial charge in [-0.1, -0.05) is 35.8 Å². The van der Waals surface area contributed by atoms with Crippen LogP contribution in [0.5, 0.6) is 5.75 Å². The lowest BCUT2D eigenvalue weighted by atomic mass is 10.0. The third-order valence-corrected chi connectivity index (χ3v) is 3.81. The minimum Gasteiger partial charge on any atom is -0.488 e. The van der Waals surface area contributed by atoms with Crippen molar-refractivity contribution in [3.63, 3.8) is 0 Å². The summed E-state index contributed by atoms with van der Waals surface area (Å²) in [7, 11) is 0. The van der Waals surface area contributed by atoms with Gasteiger partial charge in [-0.3, -0.25) is 0 Å². The summed E-state index contributed by atoms with van der Waals surface area (Å²) in [6.45, 7) is 7.37. The topological polar surface area (TPSA) is 21.3 Å². The monoisotopic (exact) mass is 283 g/mol. The summed E-state index contributed by atoms with van der Waals surface area (Å²) in [5.74, 6) is 1.06. The number of fused-ring (bicyclic) bond motifs is 1. The lowest BCUT2D eigenvalue weighted by Crippen LogP contribution is -2.30. The van der Waals surface area contributed by atoms with Crippen molar-refractivity contribution in [3.05, 3.63) is 27.7 Å². The van der Waals surface area contributed by atoms with Gasteiger partial charge in [-0.15, -0.1) is 0 Å². The number of likely N-dealkylation sites (N-methyl/N-ethyl adjacent to an activating group) is 1. The van der Waals surface area contributed by atoms with Crippen LogP contribution >= 0.6 is 15.9 Å². The molecule has 1 aromatic carbocycles. The summed E-state index contributed by atoms with van der Waals surface area (Å²) < 4.78 is 7.19. The van der Waals surface area contributed by atoms with E-state index in [4.69, 9.17) is 4.74 Å². The molecular weight excluding hydrogens is 266 g/mol. The van der Waals surface area contributed by atoms with Gasteiger partial charge in [-0.25, -0.2) is 0 Å². The van der Waals surface area contributed by atoms with Crippen LogP contribution in [0.4, 0.5) is 0 Å². The standard InChI is InChI=1S/C13H18BrNO/c1-4-10-12(15-5-2)11-9(14)7-6-8(3)13(11)16-10/h6-7,10,12,15H,4-5H2,1-3H3. The predicted molar refractivity (Wildman–Crippen MR) is 70.0 cm³/mol. The minimum absolute atomic E-state index is 0.257. The van der Waals surface area contributed by atoms with Crippen molar-refractivity contribution in [2.45, 2.75) is 39.3 Å². The molecule has 2 nitrogen and oxygen atoms in total. The fraction of sp³-hybridized carbons (Fsp3) is 0.538. The number of hydrogen-bond donors (Lipinski definition) is 1. The van der Waals surface area contributed by atoms with Gasteiger partial charge < -0.3 is 10.1 Å². The number of rotatable bonds is 3. The first-order valence-corrected chi connectivity index (χ1v) is 6.67. The molecule has 16 heavy (non-hydrogen) atoms. The summed E-state index contributed by atoms with van der Waals surface area (Å²) in [5, 5.41) is 3.51. The van der Waals surface area contributed by atoms with Gasteiger partial charge >= 0.3 is 0 Å². The Kier molecular flexibility index (Phi) is 3.55. The van der Waals surface area contributed by atoms with Crippen LogP contribution in [-0.4, -0.2) is 12.6 Å². The molecule has 0 saturated heterocycles. The van der Waals surface area contributed by atoms with Crippen LogP contribution in [0.2, 0.25) is 0 Å². The molecule has 1 aliphatic rings. The fourth-order valence-electron chi connectivity index (χ4n) is 2.31. The van der Waals surface area contributed by atoms with Gasteiger partial charge in [0, 0.05) is 10.0 Å². The SMILES string of the molecule is CCNC1c2c(Br)ccc(C)c2OC1CC. The van der Waals surface area contributed by atoms with E-state index in [1.807, 2.05) is 0 Å². The Balaban J connectivity index is 2.45. The molecule has 0 saturated carbocycles. The van der Waals surface area contributed by atoms with Gasteiger partial charge in [0.25, 0.3) is 0 Å². The summed E-state index contributed by atoms with van der Waals surface area (Å²) in [6, 6.07) is 4.53. The highest BCUT2D eigenvalue weighted by Gasteiger charge is 2.35. The molecule has 0 bridgehead atoms. The third kappa shape index (κ3) is 1.87. The zero-order valence-corrected chi connectivity index (χ0v) is 11.6. The van der Waals surface area contributed by atoms with Crippen molar-refractivity contribution in [1.82, 2.24) is 5.32 Å². The third-order valence-electron chi connectivity index (χ3n) is 3.12. The van der Waals surface area contributed by atoms with Gasteiger partial charge in [0.15, 0.2) is 0 Å². The van der Waals surface area contributed by atoms with E-state index in [-0.39, 0.29) is 6.10 Å². The van der Waals surface area contributed by atoms with Crippen molar-refractivity contribution < 1.29 is 4.74 Å². The van der Waals surface area contributed by atoms with Crippen molar-refractivity contribution in [3.8, 4) is 5.75 Å². The first-order valence-electron chi connectivity index (χ1n) is 5.88. The maximum absolute atomic E-state index is 6.04. The van der Waals surface area contributed by atoms with Crippen molar-refractivity contribution in [2.75, 3.05) is 6.54 Å². The average molecular weight is 284 g/mol. The van der Waals surface area contributed by atoms with Crippen LogP contribution in [0.15, 0.2) is 16.6 Å². The van der Waals surface area contributed by atoms with E-state index in [1.54, 1.807) is 0 Å². The average Bonchev–Trinajstić information content (AvgIpc) is 2.64. The second-order valence-corrected chi connectivity index (χ2v) is 5.06. The van der Waals surface area contributed by atoms with Crippen molar-refractivity contribution >= 4 is 15.9 Å². The van der Waals surface area contributed by atoms with E-state index in [2.05, 4.69) is 54.2 Å². The number of halogens is 1. The molecule has 2 rings (SSSR count). The Morgan fingerprint density at radius 1 is 1.38 bits per heavy atom. The molecule has 0 amide bonds. The highest BCUT2D eigenvalue weighted by molar-refractivity contribution is 9.10. The number of benzene rings is 1. The van der Waals surface area contributed by atoms with Crippen LogP contribution < -0.4 is 10.1 Å². The van der Waals surface area contributed by atoms with Gasteiger partial charge in [-0.05, 0) is 31.5 Å². The van der Waals surface area contributed by atoms with E-state index in [0.29, 0.717) is 6.04 Å². The first-order chi connectivity index (χ1) is 7.69. The van der Waals surface area contributed by atoms with Crippen LogP contribution in [0, 0.1) is 6.92 Å². The molecule has 0 aromatic heterocycles. The number of hydrogen-bond acceptors (Lipinski definition) is 2. The molecule has 2 atom stereocenters. The summed E-state index contributed by atoms with van der Waals surface area (Å²) in [6.07, 6.45) is 1.28. The molecule has 88 valence electrons. The normalized spacial score (nSPS) is 23.0. The van der Waals surface area contributed by atoms with Crippen LogP contribution in [-0.2, 0) is 0 Å². The predicted octanol–water partition coefficient (Wildman–Crippen LogP) is 3.58. The molecule has 0 radical (unpaired) electrons. The fourth-order valence-corrected chi connectivity index (χ4v) is 2.87. The number of aryl methyl sites for hydroxylation is 1. The Labute approximate surface area is 106 Å². The Morgan fingerprint density at radius 3 is 2.75 bits per heavy atom. The summed E-state index contributed by atoms with van der Waals surface area (Å²) >= 11 is 3.63. The smallest absolute Gasteiger partial charge is 0.128 e. The zero-order valence-electron chi connectivity index (χ0n) is 10.0. The van der Waals surface area contributed by atoms with E-state index < -0.39 is 0 Å². The van der Waals surface area contributed by atoms with Crippen LogP contribution in [0.3, 0.4) is 0 Å². The first kappa shape index (κ1) is 11.9. The largest absolute Gasteiger partial charge is 0.488 e. The van der Waals surface area contributed by atoms with E-state index in [9.17, 15) is 0 Å². The molecule has 3 heteroatoms. The lowest BCUT2D eigenvalue weighted by molar-refractivity contribution is 0.185. The van der Waals surface area contributed by atoms with E-state index in [1.165, 1.54) is 11.1 Å². The molecule has 0 spiro atoms. The molecule has 1 heterocycles. The zero-order chi connectivity index (χ0) is 11.7. The van der Waals surface area contributed by atoms with Crippen LogP contribution in [0.1, 0.15) is 37.4 Å². The molecule has 0 fully saturated rings. The van der Waals surface area contributed by atoms with Crippen molar-refractivity contribution in [2.24, 2.45) is 0 Å². The van der Waals surface area contributed by atoms with Gasteiger partial charge in [0.1, 0.15) is 11.9 Å². The molecule has 1 aromatic rings. The molecule has 1 aliphatic heterocycles. The molecular formula is C13H18BrNO. The maximum atomic E-state index is 6.04.